The van der Waals surface area contributed by atoms with Crippen LogP contribution in [-0.2, 0) is 0 Å². The van der Waals surface area contributed by atoms with Gasteiger partial charge in [0.1, 0.15) is 17.7 Å². The van der Waals surface area contributed by atoms with Gasteiger partial charge in [0.15, 0.2) is 0 Å². The highest BCUT2D eigenvalue weighted by atomic mass is 16.1. The molecule has 0 spiro atoms. The molecule has 4 rings (SSSR count). The summed E-state index contributed by atoms with van der Waals surface area (Å²) in [6.07, 6.45) is 7.22. The average Bonchev–Trinajstić information content (AvgIpc) is 3.25. The molecule has 1 amide bonds. The predicted octanol–water partition coefficient (Wildman–Crippen LogP) is 0.773. The van der Waals surface area contributed by atoms with Crippen LogP contribution in [0.15, 0.2) is 35.6 Å². The number of amides is 1. The molecular formula is C18H24N10O. The fourth-order valence-electron chi connectivity index (χ4n) is 3.43. The number of nitrogens with zero attached hydrogens (tertiary/aromatic N) is 4. The van der Waals surface area contributed by atoms with Crippen molar-refractivity contribution in [2.75, 3.05) is 15.6 Å². The Bertz CT molecular complexity index is 917. The fraction of sp³-hybridized carbons (Fsp3) is 0.333. The van der Waals surface area contributed by atoms with Crippen molar-refractivity contribution >= 4 is 35.4 Å². The third-order valence-electron chi connectivity index (χ3n) is 4.98. The van der Waals surface area contributed by atoms with Crippen molar-refractivity contribution in [3.05, 3.63) is 36.0 Å². The van der Waals surface area contributed by atoms with E-state index in [-0.39, 0.29) is 17.6 Å². The monoisotopic (exact) mass is 396 g/mol. The maximum absolute atomic E-state index is 11.9. The summed E-state index contributed by atoms with van der Waals surface area (Å²) in [7, 11) is 0. The van der Waals surface area contributed by atoms with Gasteiger partial charge in [-0.05, 0) is 31.0 Å². The molecule has 0 saturated heterocycles. The lowest BCUT2D eigenvalue weighted by molar-refractivity contribution is 0.100. The van der Waals surface area contributed by atoms with E-state index in [4.69, 9.17) is 11.5 Å². The SMILES string of the molecule is NC(=O)c1cnc(N[C@@H]2CCCC[C@@H]2N)nc1Nc1cccc(N2C=NNN2)c1. The second-order valence-electron chi connectivity index (χ2n) is 7.03. The van der Waals surface area contributed by atoms with Crippen LogP contribution in [0.1, 0.15) is 36.0 Å². The smallest absolute Gasteiger partial charge is 0.254 e. The summed E-state index contributed by atoms with van der Waals surface area (Å²) in [5.41, 5.74) is 19.0. The van der Waals surface area contributed by atoms with Gasteiger partial charge in [-0.2, -0.15) is 10.1 Å². The Labute approximate surface area is 167 Å². The van der Waals surface area contributed by atoms with E-state index < -0.39 is 5.91 Å². The van der Waals surface area contributed by atoms with Crippen LogP contribution >= 0.6 is 0 Å². The van der Waals surface area contributed by atoms with Gasteiger partial charge in [0.05, 0.1) is 5.69 Å². The highest BCUT2D eigenvalue weighted by Gasteiger charge is 2.23. The quantitative estimate of drug-likeness (QED) is 0.415. The van der Waals surface area contributed by atoms with E-state index in [0.29, 0.717) is 11.8 Å². The fourth-order valence-corrected chi connectivity index (χ4v) is 3.43. The molecule has 1 aromatic carbocycles. The standard InChI is InChI=1S/C18H24N10O/c19-14-6-1-2-7-15(14)24-18-21-9-13(16(20)29)17(25-18)23-11-4-3-5-12(8-11)28-10-22-26-27-28/h3-5,8-10,14-15,26-27H,1-2,6-7,19H2,(H2,20,29)(H2,21,23,24,25)/t14-,15+/m0/s1. The van der Waals surface area contributed by atoms with Gasteiger partial charge in [0.25, 0.3) is 5.91 Å². The summed E-state index contributed by atoms with van der Waals surface area (Å²) in [5, 5.41) is 12.1. The number of hydrogen-bond acceptors (Lipinski definition) is 10. The summed E-state index contributed by atoms with van der Waals surface area (Å²) in [6.45, 7) is 0. The third kappa shape index (κ3) is 4.36. The first kappa shape index (κ1) is 18.9. The molecule has 152 valence electrons. The molecule has 0 bridgehead atoms. The number of carbonyl (C=O) groups is 1. The number of aromatic nitrogens is 2. The second-order valence-corrected chi connectivity index (χ2v) is 7.03. The van der Waals surface area contributed by atoms with Crippen LogP contribution in [0.2, 0.25) is 0 Å². The van der Waals surface area contributed by atoms with Crippen molar-refractivity contribution < 1.29 is 4.79 Å². The van der Waals surface area contributed by atoms with Crippen LogP contribution in [0, 0.1) is 0 Å². The van der Waals surface area contributed by atoms with E-state index in [9.17, 15) is 4.79 Å². The van der Waals surface area contributed by atoms with E-state index in [1.54, 1.807) is 11.3 Å². The first-order valence-corrected chi connectivity index (χ1v) is 9.49. The number of anilines is 4. The zero-order valence-corrected chi connectivity index (χ0v) is 15.8. The minimum absolute atomic E-state index is 0.0551. The van der Waals surface area contributed by atoms with Gasteiger partial charge in [-0.15, -0.1) is 5.53 Å². The predicted molar refractivity (Wildman–Crippen MR) is 111 cm³/mol. The zero-order chi connectivity index (χ0) is 20.2. The van der Waals surface area contributed by atoms with Gasteiger partial charge in [-0.3, -0.25) is 4.79 Å². The topological polar surface area (TPSA) is 159 Å². The molecule has 0 unspecified atom stereocenters. The van der Waals surface area contributed by atoms with Gasteiger partial charge in [-0.25, -0.2) is 15.5 Å². The van der Waals surface area contributed by atoms with Crippen LogP contribution in [0.3, 0.4) is 0 Å². The largest absolute Gasteiger partial charge is 0.365 e. The Morgan fingerprint density at radius 3 is 2.90 bits per heavy atom. The molecule has 11 heteroatoms. The Balaban J connectivity index is 1.57. The molecule has 29 heavy (non-hydrogen) atoms. The van der Waals surface area contributed by atoms with Gasteiger partial charge in [-0.1, -0.05) is 18.9 Å². The van der Waals surface area contributed by atoms with Crippen LogP contribution in [0.5, 0.6) is 0 Å². The molecule has 1 aromatic heterocycles. The van der Waals surface area contributed by atoms with Gasteiger partial charge >= 0.3 is 0 Å². The van der Waals surface area contributed by atoms with E-state index in [2.05, 4.69) is 36.8 Å². The lowest BCUT2D eigenvalue weighted by atomic mass is 9.91. The van der Waals surface area contributed by atoms with Crippen molar-refractivity contribution in [3.8, 4) is 0 Å². The Hall–Kier alpha value is -3.44. The highest BCUT2D eigenvalue weighted by molar-refractivity contribution is 5.98. The summed E-state index contributed by atoms with van der Waals surface area (Å²) < 4.78 is 0. The summed E-state index contributed by atoms with van der Waals surface area (Å²) >= 11 is 0. The number of carbonyl (C=O) groups excluding carboxylic acids is 1. The number of hydrazine groups is 2. The first-order chi connectivity index (χ1) is 14.1. The Kier molecular flexibility index (Phi) is 5.40. The third-order valence-corrected chi connectivity index (χ3v) is 4.98. The lowest BCUT2D eigenvalue weighted by Crippen LogP contribution is -2.43. The van der Waals surface area contributed by atoms with Crippen LogP contribution in [-0.4, -0.2) is 34.3 Å². The number of hydrazone groups is 1. The number of primary amides is 1. The van der Waals surface area contributed by atoms with Crippen molar-refractivity contribution in [3.63, 3.8) is 0 Å². The molecule has 8 N–H and O–H groups in total. The second kappa shape index (κ2) is 8.29. The first-order valence-electron chi connectivity index (χ1n) is 9.49. The Morgan fingerprint density at radius 1 is 1.28 bits per heavy atom. The van der Waals surface area contributed by atoms with Crippen molar-refractivity contribution in [2.45, 2.75) is 37.8 Å². The number of nitrogens with one attached hydrogen (secondary N) is 4. The molecule has 2 aromatic rings. The molecule has 2 aliphatic rings. The Morgan fingerprint density at radius 2 is 2.14 bits per heavy atom. The molecule has 2 atom stereocenters. The maximum Gasteiger partial charge on any atom is 0.254 e. The van der Waals surface area contributed by atoms with Gasteiger partial charge in [0, 0.05) is 24.0 Å². The molecular weight excluding hydrogens is 372 g/mol. The van der Waals surface area contributed by atoms with Gasteiger partial charge in [0.2, 0.25) is 5.95 Å². The van der Waals surface area contributed by atoms with Crippen molar-refractivity contribution in [1.29, 1.82) is 0 Å². The summed E-state index contributed by atoms with van der Waals surface area (Å²) in [5.74, 6) is 0.133. The normalized spacial score (nSPS) is 20.9. The van der Waals surface area contributed by atoms with Crippen LogP contribution < -0.4 is 38.2 Å². The van der Waals surface area contributed by atoms with E-state index in [0.717, 1.165) is 37.1 Å². The highest BCUT2D eigenvalue weighted by Crippen LogP contribution is 2.25. The molecule has 0 radical (unpaired) electrons. The molecule has 11 nitrogen and oxygen atoms in total. The maximum atomic E-state index is 11.9. The lowest BCUT2D eigenvalue weighted by Gasteiger charge is -2.29. The van der Waals surface area contributed by atoms with E-state index in [1.165, 1.54) is 6.20 Å². The number of nitrogens with two attached hydrogens (primary N) is 2. The van der Waals surface area contributed by atoms with Crippen LogP contribution in [0.25, 0.3) is 0 Å². The van der Waals surface area contributed by atoms with E-state index in [1.807, 2.05) is 24.3 Å². The molecule has 2 heterocycles. The minimum Gasteiger partial charge on any atom is -0.365 e. The van der Waals surface area contributed by atoms with E-state index >= 15 is 0 Å². The zero-order valence-electron chi connectivity index (χ0n) is 15.8. The summed E-state index contributed by atoms with van der Waals surface area (Å²) in [6, 6.07) is 7.68. The van der Waals surface area contributed by atoms with Crippen molar-refractivity contribution in [1.82, 2.24) is 21.0 Å². The minimum atomic E-state index is -0.609. The molecule has 1 aliphatic heterocycles. The number of benzene rings is 1. The van der Waals surface area contributed by atoms with Crippen LogP contribution in [0.4, 0.5) is 23.1 Å². The number of rotatable bonds is 6. The molecule has 1 aliphatic carbocycles. The molecule has 1 saturated carbocycles. The van der Waals surface area contributed by atoms with Gasteiger partial charge < -0.3 is 22.1 Å². The molecule has 1 fully saturated rings. The number of hydrogen-bond donors (Lipinski definition) is 6. The average molecular weight is 396 g/mol. The summed E-state index contributed by atoms with van der Waals surface area (Å²) in [4.78, 5) is 20.6. The van der Waals surface area contributed by atoms with Crippen molar-refractivity contribution in [2.24, 2.45) is 16.6 Å².